The highest BCUT2D eigenvalue weighted by Crippen LogP contribution is 2.51. The third-order valence-corrected chi connectivity index (χ3v) is 6.28. The first-order valence-corrected chi connectivity index (χ1v) is 9.27. The summed E-state index contributed by atoms with van der Waals surface area (Å²) in [6.07, 6.45) is 0. The van der Waals surface area contributed by atoms with Gasteiger partial charge in [-0.2, -0.15) is 0 Å². The van der Waals surface area contributed by atoms with Crippen LogP contribution in [0.15, 0.2) is 60.7 Å². The lowest BCUT2D eigenvalue weighted by Gasteiger charge is -2.24. The predicted octanol–water partition coefficient (Wildman–Crippen LogP) is 3.76. The number of hydrogen-bond donors (Lipinski definition) is 0. The number of hydrogen-bond acceptors (Lipinski definition) is 4. The summed E-state index contributed by atoms with van der Waals surface area (Å²) in [5.41, 5.74) is 0.0493. The van der Waals surface area contributed by atoms with Gasteiger partial charge in [-0.05, 0) is 31.5 Å². The van der Waals surface area contributed by atoms with Crippen molar-refractivity contribution >= 4 is 18.6 Å². The molecule has 0 bridgehead atoms. The van der Waals surface area contributed by atoms with Crippen LogP contribution in [0.4, 0.5) is 0 Å². The summed E-state index contributed by atoms with van der Waals surface area (Å²) >= 11 is 0. The van der Waals surface area contributed by atoms with Crippen LogP contribution in [-0.2, 0) is 25.2 Å². The SMILES string of the molecule is CCOC(=O)C(C)P(=O)(OCc1ccccc1)c1ccccc1. The van der Waals surface area contributed by atoms with Gasteiger partial charge in [0.25, 0.3) is 0 Å². The second-order valence-corrected chi connectivity index (χ2v) is 7.86. The minimum atomic E-state index is -3.39. The van der Waals surface area contributed by atoms with E-state index in [2.05, 4.69) is 0 Å². The van der Waals surface area contributed by atoms with E-state index in [1.165, 1.54) is 0 Å². The lowest BCUT2D eigenvalue weighted by molar-refractivity contribution is -0.142. The molecule has 2 aromatic rings. The van der Waals surface area contributed by atoms with Crippen molar-refractivity contribution in [1.29, 1.82) is 0 Å². The van der Waals surface area contributed by atoms with Crippen LogP contribution in [0.3, 0.4) is 0 Å². The molecule has 2 rings (SSSR count). The quantitative estimate of drug-likeness (QED) is 0.572. The Bertz CT molecular complexity index is 670. The number of carbonyl (C=O) groups is 1. The smallest absolute Gasteiger partial charge is 0.318 e. The Morgan fingerprint density at radius 3 is 2.17 bits per heavy atom. The summed E-state index contributed by atoms with van der Waals surface area (Å²) in [6, 6.07) is 18.3. The molecule has 2 unspecified atom stereocenters. The normalized spacial score (nSPS) is 14.7. The predicted molar refractivity (Wildman–Crippen MR) is 91.0 cm³/mol. The Hall–Kier alpha value is -1.90. The summed E-state index contributed by atoms with van der Waals surface area (Å²) < 4.78 is 24.3. The average Bonchev–Trinajstić information content (AvgIpc) is 2.61. The van der Waals surface area contributed by atoms with Gasteiger partial charge in [-0.3, -0.25) is 9.36 Å². The van der Waals surface area contributed by atoms with E-state index in [4.69, 9.17) is 9.26 Å². The standard InChI is InChI=1S/C18H21O4P/c1-3-21-18(19)15(2)23(20,17-12-8-5-9-13-17)22-14-16-10-6-4-7-11-16/h4-13,15H,3,14H2,1-2H3. The molecule has 0 aliphatic carbocycles. The second kappa shape index (κ2) is 8.09. The first kappa shape index (κ1) is 17.5. The third kappa shape index (κ3) is 4.31. The highest BCUT2D eigenvalue weighted by atomic mass is 31.2. The summed E-state index contributed by atoms with van der Waals surface area (Å²) in [6.45, 7) is 3.74. The summed E-state index contributed by atoms with van der Waals surface area (Å²) in [7, 11) is -3.39. The van der Waals surface area contributed by atoms with Crippen LogP contribution in [0, 0.1) is 0 Å². The molecule has 0 fully saturated rings. The van der Waals surface area contributed by atoms with E-state index in [9.17, 15) is 9.36 Å². The van der Waals surface area contributed by atoms with E-state index in [1.807, 2.05) is 36.4 Å². The van der Waals surface area contributed by atoms with Crippen molar-refractivity contribution in [2.24, 2.45) is 0 Å². The highest BCUT2D eigenvalue weighted by Gasteiger charge is 2.39. The molecule has 0 aromatic heterocycles. The van der Waals surface area contributed by atoms with Crippen LogP contribution < -0.4 is 5.30 Å². The van der Waals surface area contributed by atoms with Gasteiger partial charge in [-0.15, -0.1) is 0 Å². The molecule has 23 heavy (non-hydrogen) atoms. The summed E-state index contributed by atoms with van der Waals surface area (Å²) in [5.74, 6) is -0.507. The molecule has 0 saturated heterocycles. The van der Waals surface area contributed by atoms with E-state index in [0.717, 1.165) is 5.56 Å². The number of rotatable bonds is 7. The highest BCUT2D eigenvalue weighted by molar-refractivity contribution is 7.68. The summed E-state index contributed by atoms with van der Waals surface area (Å²) in [5, 5.41) is 0.525. The Labute approximate surface area is 136 Å². The van der Waals surface area contributed by atoms with Gasteiger partial charge in [0.15, 0.2) is 0 Å². The van der Waals surface area contributed by atoms with Crippen LogP contribution >= 0.6 is 7.37 Å². The lowest BCUT2D eigenvalue weighted by atomic mass is 10.2. The van der Waals surface area contributed by atoms with Crippen LogP contribution in [0.25, 0.3) is 0 Å². The van der Waals surface area contributed by atoms with Gasteiger partial charge < -0.3 is 9.26 Å². The van der Waals surface area contributed by atoms with Crippen LogP contribution in [0.1, 0.15) is 19.4 Å². The van der Waals surface area contributed by atoms with Crippen molar-refractivity contribution in [2.45, 2.75) is 26.1 Å². The van der Waals surface area contributed by atoms with Crippen LogP contribution in [0.2, 0.25) is 0 Å². The third-order valence-electron chi connectivity index (χ3n) is 3.52. The Kier molecular flexibility index (Phi) is 6.14. The van der Waals surface area contributed by atoms with E-state index < -0.39 is 19.0 Å². The first-order valence-electron chi connectivity index (χ1n) is 7.58. The first-order chi connectivity index (χ1) is 11.1. The van der Waals surface area contributed by atoms with E-state index >= 15 is 0 Å². The number of ether oxygens (including phenoxy) is 1. The van der Waals surface area contributed by atoms with Crippen molar-refractivity contribution in [3.05, 3.63) is 66.2 Å². The van der Waals surface area contributed by atoms with E-state index in [1.54, 1.807) is 38.1 Å². The zero-order valence-electron chi connectivity index (χ0n) is 13.3. The molecular formula is C18H21O4P. The van der Waals surface area contributed by atoms with Gasteiger partial charge >= 0.3 is 5.97 Å². The molecule has 122 valence electrons. The molecule has 5 heteroatoms. The van der Waals surface area contributed by atoms with Crippen molar-refractivity contribution < 1.29 is 18.6 Å². The molecule has 0 radical (unpaired) electrons. The fraction of sp³-hybridized carbons (Fsp3) is 0.278. The van der Waals surface area contributed by atoms with Crippen molar-refractivity contribution in [2.75, 3.05) is 6.61 Å². The minimum Gasteiger partial charge on any atom is -0.465 e. The molecule has 2 aromatic carbocycles. The largest absolute Gasteiger partial charge is 0.465 e. The fourth-order valence-electron chi connectivity index (χ4n) is 2.19. The van der Waals surface area contributed by atoms with Gasteiger partial charge in [0.1, 0.15) is 5.66 Å². The molecule has 0 heterocycles. The Morgan fingerprint density at radius 1 is 1.04 bits per heavy atom. The molecule has 4 nitrogen and oxygen atoms in total. The summed E-state index contributed by atoms with van der Waals surface area (Å²) in [4.78, 5) is 12.1. The molecule has 0 amide bonds. The van der Waals surface area contributed by atoms with Crippen molar-refractivity contribution in [1.82, 2.24) is 0 Å². The maximum atomic E-state index is 13.5. The Balaban J connectivity index is 2.28. The molecule has 0 aliphatic rings. The maximum Gasteiger partial charge on any atom is 0.318 e. The van der Waals surface area contributed by atoms with Gasteiger partial charge in [0, 0.05) is 5.30 Å². The molecular weight excluding hydrogens is 311 g/mol. The van der Waals surface area contributed by atoms with Gasteiger partial charge in [-0.1, -0.05) is 48.5 Å². The van der Waals surface area contributed by atoms with Gasteiger partial charge in [0.2, 0.25) is 7.37 Å². The van der Waals surface area contributed by atoms with Gasteiger partial charge in [0.05, 0.1) is 13.2 Å². The van der Waals surface area contributed by atoms with Crippen LogP contribution in [-0.4, -0.2) is 18.2 Å². The van der Waals surface area contributed by atoms with E-state index in [0.29, 0.717) is 5.30 Å². The molecule has 0 spiro atoms. The molecule has 2 atom stereocenters. The zero-order valence-corrected chi connectivity index (χ0v) is 14.2. The number of esters is 1. The number of carbonyl (C=O) groups excluding carboxylic acids is 1. The molecule has 0 saturated carbocycles. The monoisotopic (exact) mass is 332 g/mol. The zero-order chi connectivity index (χ0) is 16.7. The molecule has 0 N–H and O–H groups in total. The van der Waals surface area contributed by atoms with E-state index in [-0.39, 0.29) is 13.2 Å². The lowest BCUT2D eigenvalue weighted by Crippen LogP contribution is -2.26. The molecule has 0 aliphatic heterocycles. The van der Waals surface area contributed by atoms with Crippen LogP contribution in [0.5, 0.6) is 0 Å². The van der Waals surface area contributed by atoms with Crippen molar-refractivity contribution in [3.63, 3.8) is 0 Å². The number of benzene rings is 2. The fourth-order valence-corrected chi connectivity index (χ4v) is 4.29. The maximum absolute atomic E-state index is 13.5. The topological polar surface area (TPSA) is 52.6 Å². The van der Waals surface area contributed by atoms with Crippen molar-refractivity contribution in [3.8, 4) is 0 Å². The average molecular weight is 332 g/mol. The Morgan fingerprint density at radius 2 is 1.61 bits per heavy atom. The second-order valence-electron chi connectivity index (χ2n) is 5.12. The van der Waals surface area contributed by atoms with Gasteiger partial charge in [-0.25, -0.2) is 0 Å². The minimum absolute atomic E-state index is 0.177.